The van der Waals surface area contributed by atoms with E-state index in [-0.39, 0.29) is 61.8 Å². The molecule has 2 fully saturated rings. The number of hydrogen-bond donors (Lipinski definition) is 4. The van der Waals surface area contributed by atoms with Gasteiger partial charge in [0.15, 0.2) is 4.47 Å². The third-order valence-electron chi connectivity index (χ3n) is 9.15. The number of halogens is 2. The number of carbonyl (C=O) groups excluding carboxylic acids is 2. The number of ether oxygens (including phenoxy) is 2. The van der Waals surface area contributed by atoms with Gasteiger partial charge in [-0.1, -0.05) is 23.7 Å². The lowest BCUT2D eigenvalue weighted by Gasteiger charge is -2.38. The van der Waals surface area contributed by atoms with Crippen molar-refractivity contribution in [3.05, 3.63) is 99.7 Å². The Balaban J connectivity index is 1.07. The maximum absolute atomic E-state index is 13.7. The minimum absolute atomic E-state index is 0.00668. The minimum atomic E-state index is -4.31. The van der Waals surface area contributed by atoms with Gasteiger partial charge in [-0.05, 0) is 85.5 Å². The van der Waals surface area contributed by atoms with E-state index in [0.29, 0.717) is 21.5 Å². The van der Waals surface area contributed by atoms with Gasteiger partial charge in [0, 0.05) is 25.7 Å². The second-order valence-electron chi connectivity index (χ2n) is 12.8. The Morgan fingerprint density at radius 3 is 2.05 bits per heavy atom. The number of carbonyl (C=O) groups is 2. The average molecular weight is 854 g/mol. The Bertz CT molecular complexity index is 2210. The van der Waals surface area contributed by atoms with Crippen LogP contribution in [0.2, 0.25) is 4.47 Å². The molecule has 21 heteroatoms. The highest BCUT2D eigenvalue weighted by Gasteiger charge is 2.45. The number of thiazole rings is 1. The van der Waals surface area contributed by atoms with Crippen molar-refractivity contribution < 1.29 is 55.4 Å². The van der Waals surface area contributed by atoms with Gasteiger partial charge in [-0.3, -0.25) is 19.6 Å². The molecule has 1 aromatic heterocycles. The number of rotatable bonds is 14. The molecule has 0 saturated carbocycles. The van der Waals surface area contributed by atoms with Crippen LogP contribution in [0.15, 0.2) is 88.8 Å². The van der Waals surface area contributed by atoms with Crippen molar-refractivity contribution in [1.29, 1.82) is 0 Å². The SMILES string of the molecule is O=C(NO)[C@H]1C[C@@H](ONC(=O)[C@H]2[C@@H](O)CCCN2S(=O)(=O)c2ccc(OCc3cnc(Cl)s3)cc2)CCN1S(=O)(=O)c1ccc(OCc2ccc(F)cc2)cc1. The fourth-order valence-corrected chi connectivity index (χ4v) is 10.4. The van der Waals surface area contributed by atoms with Gasteiger partial charge in [-0.25, -0.2) is 37.2 Å². The Kier molecular flexibility index (Phi) is 13.2. The van der Waals surface area contributed by atoms with E-state index >= 15 is 0 Å². The van der Waals surface area contributed by atoms with Crippen molar-refractivity contribution in [2.24, 2.45) is 0 Å². The van der Waals surface area contributed by atoms with Gasteiger partial charge in [0.1, 0.15) is 42.6 Å². The van der Waals surface area contributed by atoms with Crippen LogP contribution in [0.3, 0.4) is 0 Å². The number of sulfonamides is 2. The summed E-state index contributed by atoms with van der Waals surface area (Å²) in [7, 11) is -8.61. The Morgan fingerprint density at radius 1 is 0.857 bits per heavy atom. The van der Waals surface area contributed by atoms with Gasteiger partial charge >= 0.3 is 0 Å². The summed E-state index contributed by atoms with van der Waals surface area (Å²) in [6.45, 7) is -0.0478. The second kappa shape index (κ2) is 17.9. The highest BCUT2D eigenvalue weighted by atomic mass is 35.5. The highest BCUT2D eigenvalue weighted by molar-refractivity contribution is 7.89. The molecule has 56 heavy (non-hydrogen) atoms. The topological polar surface area (TPSA) is 214 Å². The molecular formula is C35H37ClFN5O11S3. The van der Waals surface area contributed by atoms with Crippen molar-refractivity contribution in [2.45, 2.75) is 73.0 Å². The van der Waals surface area contributed by atoms with Crippen LogP contribution in [0, 0.1) is 5.82 Å². The number of aromatic nitrogens is 1. The lowest BCUT2D eigenvalue weighted by atomic mass is 10.0. The minimum Gasteiger partial charge on any atom is -0.489 e. The van der Waals surface area contributed by atoms with Gasteiger partial charge < -0.3 is 14.6 Å². The summed E-state index contributed by atoms with van der Waals surface area (Å²) >= 11 is 7.09. The van der Waals surface area contributed by atoms with E-state index in [1.54, 1.807) is 18.3 Å². The molecule has 2 saturated heterocycles. The molecular weight excluding hydrogens is 817 g/mol. The van der Waals surface area contributed by atoms with Crippen molar-refractivity contribution >= 4 is 54.8 Å². The predicted octanol–water partition coefficient (Wildman–Crippen LogP) is 3.38. The highest BCUT2D eigenvalue weighted by Crippen LogP contribution is 2.30. The van der Waals surface area contributed by atoms with Gasteiger partial charge in [-0.2, -0.15) is 8.61 Å². The summed E-state index contributed by atoms with van der Waals surface area (Å²) in [5.74, 6) is -1.68. The maximum atomic E-state index is 13.7. The number of hydrogen-bond acceptors (Lipinski definition) is 13. The van der Waals surface area contributed by atoms with Crippen LogP contribution in [0.1, 0.15) is 36.1 Å². The molecule has 2 amide bonds. The largest absolute Gasteiger partial charge is 0.489 e. The lowest BCUT2D eigenvalue weighted by Crippen LogP contribution is -2.59. The second-order valence-corrected chi connectivity index (χ2v) is 18.3. The number of hydroxylamine groups is 2. The summed E-state index contributed by atoms with van der Waals surface area (Å²) in [6, 6.07) is 13.7. The fourth-order valence-electron chi connectivity index (χ4n) is 6.28. The molecule has 3 heterocycles. The molecule has 300 valence electrons. The van der Waals surface area contributed by atoms with E-state index in [2.05, 4.69) is 10.5 Å². The van der Waals surface area contributed by atoms with E-state index < -0.39 is 62.0 Å². The number of benzene rings is 3. The molecule has 0 bridgehead atoms. The Labute approximate surface area is 330 Å². The van der Waals surface area contributed by atoms with Gasteiger partial charge in [0.25, 0.3) is 11.8 Å². The van der Waals surface area contributed by atoms with Crippen LogP contribution in [0.4, 0.5) is 4.39 Å². The number of nitrogens with one attached hydrogen (secondary N) is 2. The molecule has 0 unspecified atom stereocenters. The molecule has 6 rings (SSSR count). The molecule has 3 aromatic carbocycles. The summed E-state index contributed by atoms with van der Waals surface area (Å²) < 4.78 is 81.6. The van der Waals surface area contributed by atoms with Crippen molar-refractivity contribution in [3.63, 3.8) is 0 Å². The lowest BCUT2D eigenvalue weighted by molar-refractivity contribution is -0.152. The molecule has 4 N–H and O–H groups in total. The van der Waals surface area contributed by atoms with Gasteiger partial charge in [0.05, 0.1) is 26.9 Å². The third kappa shape index (κ3) is 9.64. The predicted molar refractivity (Wildman–Crippen MR) is 198 cm³/mol. The summed E-state index contributed by atoms with van der Waals surface area (Å²) in [6.07, 6.45) is -0.656. The van der Waals surface area contributed by atoms with Gasteiger partial charge in [-0.15, -0.1) is 11.3 Å². The molecule has 16 nitrogen and oxygen atoms in total. The average Bonchev–Trinajstić information content (AvgIpc) is 3.63. The summed E-state index contributed by atoms with van der Waals surface area (Å²) in [5.41, 5.74) is 4.39. The van der Waals surface area contributed by atoms with Crippen LogP contribution >= 0.6 is 22.9 Å². The number of amides is 2. The number of piperidine rings is 2. The van der Waals surface area contributed by atoms with Crippen molar-refractivity contribution in [2.75, 3.05) is 13.1 Å². The normalized spacial score (nSPS) is 20.9. The van der Waals surface area contributed by atoms with Gasteiger partial charge in [0.2, 0.25) is 20.0 Å². The van der Waals surface area contributed by atoms with Crippen LogP contribution in [-0.2, 0) is 47.7 Å². The Morgan fingerprint density at radius 2 is 1.46 bits per heavy atom. The molecule has 4 atom stereocenters. The molecule has 2 aliphatic rings. The first-order valence-electron chi connectivity index (χ1n) is 17.2. The van der Waals surface area contributed by atoms with Crippen molar-refractivity contribution in [3.8, 4) is 11.5 Å². The first-order chi connectivity index (χ1) is 26.8. The molecule has 2 aliphatic heterocycles. The first kappa shape index (κ1) is 41.4. The molecule has 4 aromatic rings. The number of aliphatic hydroxyl groups excluding tert-OH is 1. The van der Waals surface area contributed by atoms with Crippen LogP contribution in [-0.4, -0.2) is 89.9 Å². The first-order valence-corrected chi connectivity index (χ1v) is 21.3. The zero-order chi connectivity index (χ0) is 40.0. The van der Waals surface area contributed by atoms with E-state index in [9.17, 15) is 41.1 Å². The summed E-state index contributed by atoms with van der Waals surface area (Å²) in [4.78, 5) is 36.2. The maximum Gasteiger partial charge on any atom is 0.264 e. The third-order valence-corrected chi connectivity index (χ3v) is 14.1. The molecule has 0 spiro atoms. The quantitative estimate of drug-likeness (QED) is 0.106. The Hall–Kier alpha value is -4.25. The molecule has 0 aliphatic carbocycles. The standard InChI is InChI=1S/C35H37ClFN5O11S3/c36-35-38-19-27(54-35)21-52-25-9-13-29(14-10-25)56(49,50)42-16-1-2-31(43)32(42)34(45)40-53-26-15-17-41(30(18-26)33(44)39-46)55(47,48)28-11-7-24(8-12-28)51-20-22-3-5-23(37)6-4-22/h3-14,19,26,30-32,43,46H,1-2,15-18,20-21H2,(H,39,44)(H,40,45)/t26-,30+,31-,32+/m0/s1. The van der Waals surface area contributed by atoms with Crippen LogP contribution < -0.4 is 20.4 Å². The zero-order valence-electron chi connectivity index (χ0n) is 29.4. The monoisotopic (exact) mass is 853 g/mol. The summed E-state index contributed by atoms with van der Waals surface area (Å²) in [5, 5.41) is 20.3. The zero-order valence-corrected chi connectivity index (χ0v) is 32.6. The fraction of sp³-hybridized carbons (Fsp3) is 0.343. The van der Waals surface area contributed by atoms with E-state index in [4.69, 9.17) is 25.9 Å². The van der Waals surface area contributed by atoms with E-state index in [1.165, 1.54) is 77.5 Å². The number of aliphatic hydroxyl groups is 1. The molecule has 0 radical (unpaired) electrons. The van der Waals surface area contributed by atoms with Crippen molar-refractivity contribution in [1.82, 2.24) is 24.6 Å². The van der Waals surface area contributed by atoms with Crippen LogP contribution in [0.25, 0.3) is 0 Å². The van der Waals surface area contributed by atoms with Crippen LogP contribution in [0.5, 0.6) is 11.5 Å². The smallest absolute Gasteiger partial charge is 0.264 e. The number of nitrogens with zero attached hydrogens (tertiary/aromatic N) is 3. The van der Waals surface area contributed by atoms with E-state index in [0.717, 1.165) is 13.5 Å². The van der Waals surface area contributed by atoms with E-state index in [1.807, 2.05) is 0 Å².